The lowest BCUT2D eigenvalue weighted by molar-refractivity contribution is -0.129. The third-order valence-electron chi connectivity index (χ3n) is 6.11. The number of rotatable bonds is 5. The molecule has 2 aliphatic rings. The third-order valence-corrected chi connectivity index (χ3v) is 8.02. The molecule has 0 saturated carbocycles. The number of ether oxygens (including phenoxy) is 1. The van der Waals surface area contributed by atoms with Crippen molar-refractivity contribution in [2.24, 2.45) is 5.92 Å². The highest BCUT2D eigenvalue weighted by Crippen LogP contribution is 2.29. The fourth-order valence-corrected chi connectivity index (χ4v) is 5.51. The number of nitrogens with one attached hydrogen (secondary N) is 1. The average molecular weight is 476 g/mol. The molecule has 2 fully saturated rings. The molecule has 10 heteroatoms. The van der Waals surface area contributed by atoms with Gasteiger partial charge in [-0.1, -0.05) is 6.07 Å². The van der Waals surface area contributed by atoms with E-state index in [0.29, 0.717) is 13.0 Å². The molecule has 2 aromatic rings. The molecule has 1 N–H and O–H groups in total. The quantitative estimate of drug-likeness (QED) is 0.671. The van der Waals surface area contributed by atoms with Crippen LogP contribution in [0, 0.1) is 25.6 Å². The Balaban J connectivity index is 1.50. The number of anilines is 2. The van der Waals surface area contributed by atoms with Crippen molar-refractivity contribution in [3.63, 3.8) is 0 Å². The summed E-state index contributed by atoms with van der Waals surface area (Å²) < 4.78 is 46.5. The van der Waals surface area contributed by atoms with Crippen LogP contribution in [-0.2, 0) is 24.3 Å². The van der Waals surface area contributed by atoms with E-state index in [9.17, 15) is 22.4 Å². The Kier molecular flexibility index (Phi) is 6.51. The summed E-state index contributed by atoms with van der Waals surface area (Å²) in [6, 6.07) is 9.07. The molecule has 0 unspecified atom stereocenters. The molecule has 2 heterocycles. The van der Waals surface area contributed by atoms with E-state index in [1.807, 2.05) is 32.0 Å². The fourth-order valence-electron chi connectivity index (χ4n) is 4.01. The fraction of sp³-hybridized carbons (Fsp3) is 0.391. The van der Waals surface area contributed by atoms with Crippen molar-refractivity contribution >= 4 is 33.2 Å². The third kappa shape index (κ3) is 4.64. The second-order valence-electron chi connectivity index (χ2n) is 8.25. The van der Waals surface area contributed by atoms with E-state index in [1.165, 1.54) is 6.07 Å². The number of morpholine rings is 1. The maximum absolute atomic E-state index is 14.4. The van der Waals surface area contributed by atoms with E-state index >= 15 is 0 Å². The Hall–Kier alpha value is -2.82. The first-order valence-electron chi connectivity index (χ1n) is 10.8. The molecule has 0 radical (unpaired) electrons. The van der Waals surface area contributed by atoms with Gasteiger partial charge in [0.25, 0.3) is 0 Å². The molecular weight excluding hydrogens is 449 g/mol. The first kappa shape index (κ1) is 23.3. The summed E-state index contributed by atoms with van der Waals surface area (Å²) in [5.74, 6) is -2.68. The van der Waals surface area contributed by atoms with Gasteiger partial charge in [-0.25, -0.2) is 12.8 Å². The summed E-state index contributed by atoms with van der Waals surface area (Å²) in [4.78, 5) is 26.8. The minimum absolute atomic E-state index is 0.116. The van der Waals surface area contributed by atoms with E-state index in [-0.39, 0.29) is 37.9 Å². The summed E-state index contributed by atoms with van der Waals surface area (Å²) in [6.07, 6.45) is 0.331. The second-order valence-corrected chi connectivity index (χ2v) is 10.2. The van der Waals surface area contributed by atoms with Gasteiger partial charge in [-0.3, -0.25) is 9.59 Å². The van der Waals surface area contributed by atoms with Crippen LogP contribution >= 0.6 is 0 Å². The Morgan fingerprint density at radius 1 is 1.06 bits per heavy atom. The van der Waals surface area contributed by atoms with Crippen molar-refractivity contribution in [3.8, 4) is 0 Å². The lowest BCUT2D eigenvalue weighted by atomic mass is 10.1. The topological polar surface area (TPSA) is 96.0 Å². The van der Waals surface area contributed by atoms with Crippen molar-refractivity contribution in [2.75, 3.05) is 43.1 Å². The molecule has 1 atom stereocenters. The number of nitrogens with zero attached hydrogens (tertiary/aromatic N) is 2. The highest BCUT2D eigenvalue weighted by Gasteiger charge is 2.38. The van der Waals surface area contributed by atoms with Crippen molar-refractivity contribution < 1.29 is 27.1 Å². The van der Waals surface area contributed by atoms with Gasteiger partial charge in [0.05, 0.1) is 13.2 Å². The van der Waals surface area contributed by atoms with E-state index in [1.54, 1.807) is 4.90 Å². The van der Waals surface area contributed by atoms with Crippen LogP contribution in [0.25, 0.3) is 0 Å². The minimum Gasteiger partial charge on any atom is -0.379 e. The van der Waals surface area contributed by atoms with Crippen molar-refractivity contribution in [3.05, 3.63) is 53.3 Å². The van der Waals surface area contributed by atoms with Crippen LogP contribution in [0.3, 0.4) is 0 Å². The average Bonchev–Trinajstić information content (AvgIpc) is 3.19. The molecule has 8 nitrogen and oxygen atoms in total. The second kappa shape index (κ2) is 9.20. The molecule has 2 aromatic carbocycles. The Morgan fingerprint density at radius 3 is 2.48 bits per heavy atom. The van der Waals surface area contributed by atoms with Gasteiger partial charge in [-0.2, -0.15) is 4.31 Å². The van der Waals surface area contributed by atoms with Gasteiger partial charge in [-0.15, -0.1) is 0 Å². The van der Waals surface area contributed by atoms with Crippen molar-refractivity contribution in [1.82, 2.24) is 4.31 Å². The maximum atomic E-state index is 14.4. The molecule has 0 aromatic heterocycles. The molecule has 2 saturated heterocycles. The molecule has 0 bridgehead atoms. The van der Waals surface area contributed by atoms with E-state index in [0.717, 1.165) is 33.3 Å². The zero-order chi connectivity index (χ0) is 23.8. The normalized spacial score (nSPS) is 19.7. The summed E-state index contributed by atoms with van der Waals surface area (Å²) in [5, 5.41) is 2.59. The van der Waals surface area contributed by atoms with E-state index < -0.39 is 32.6 Å². The standard InChI is InChI=1S/C23H26FN3O5S/c1-15-3-5-18(13-16(15)2)27-8-7-19(23(27)29)22(28)25-17-4-6-20(24)21(14-17)33(30,31)26-9-11-32-12-10-26/h3-6,13-14,19H,7-12H2,1-2H3,(H,25,28)/t19-/m1/s1. The van der Waals surface area contributed by atoms with Gasteiger partial charge in [0.2, 0.25) is 21.8 Å². The molecule has 2 amide bonds. The Labute approximate surface area is 192 Å². The van der Waals surface area contributed by atoms with E-state index in [2.05, 4.69) is 5.32 Å². The smallest absolute Gasteiger partial charge is 0.246 e. The van der Waals surface area contributed by atoms with Crippen LogP contribution in [0.2, 0.25) is 0 Å². The summed E-state index contributed by atoms with van der Waals surface area (Å²) in [6.45, 7) is 5.07. The summed E-state index contributed by atoms with van der Waals surface area (Å²) in [5.41, 5.74) is 3.01. The number of aryl methyl sites for hydroxylation is 2. The number of sulfonamides is 1. The van der Waals surface area contributed by atoms with Crippen LogP contribution in [0.5, 0.6) is 0 Å². The lowest BCUT2D eigenvalue weighted by Crippen LogP contribution is -2.41. The minimum atomic E-state index is -4.08. The SMILES string of the molecule is Cc1ccc(N2CC[C@H](C(=O)Nc3ccc(F)c(S(=O)(=O)N4CCOCC4)c3)C2=O)cc1C. The van der Waals surface area contributed by atoms with E-state index in [4.69, 9.17) is 4.74 Å². The lowest BCUT2D eigenvalue weighted by Gasteiger charge is -2.26. The zero-order valence-electron chi connectivity index (χ0n) is 18.5. The maximum Gasteiger partial charge on any atom is 0.246 e. The number of carbonyl (C=O) groups excluding carboxylic acids is 2. The highest BCUT2D eigenvalue weighted by atomic mass is 32.2. The van der Waals surface area contributed by atoms with Gasteiger partial charge in [-0.05, 0) is 61.7 Å². The number of hydrogen-bond acceptors (Lipinski definition) is 5. The van der Waals surface area contributed by atoms with Crippen LogP contribution in [0.1, 0.15) is 17.5 Å². The molecule has 33 heavy (non-hydrogen) atoms. The highest BCUT2D eigenvalue weighted by molar-refractivity contribution is 7.89. The largest absolute Gasteiger partial charge is 0.379 e. The molecule has 4 rings (SSSR count). The molecule has 176 valence electrons. The predicted molar refractivity (Wildman–Crippen MR) is 121 cm³/mol. The first-order valence-corrected chi connectivity index (χ1v) is 12.2. The number of hydrogen-bond donors (Lipinski definition) is 1. The number of amides is 2. The van der Waals surface area contributed by atoms with Crippen LogP contribution < -0.4 is 10.2 Å². The molecule has 2 aliphatic heterocycles. The number of carbonyl (C=O) groups is 2. The summed E-state index contributed by atoms with van der Waals surface area (Å²) >= 11 is 0. The van der Waals surface area contributed by atoms with Gasteiger partial charge in [0.1, 0.15) is 16.6 Å². The monoisotopic (exact) mass is 475 g/mol. The van der Waals surface area contributed by atoms with Gasteiger partial charge in [0, 0.05) is 31.0 Å². The van der Waals surface area contributed by atoms with Crippen molar-refractivity contribution in [2.45, 2.75) is 25.2 Å². The number of halogens is 1. The summed E-state index contributed by atoms with van der Waals surface area (Å²) in [7, 11) is -4.08. The van der Waals surface area contributed by atoms with Gasteiger partial charge < -0.3 is 15.0 Å². The number of benzene rings is 2. The first-order chi connectivity index (χ1) is 15.7. The predicted octanol–water partition coefficient (Wildman–Crippen LogP) is 2.46. The molecule has 0 aliphatic carbocycles. The van der Waals surface area contributed by atoms with Crippen LogP contribution in [-0.4, -0.2) is 57.4 Å². The van der Waals surface area contributed by atoms with Gasteiger partial charge >= 0.3 is 0 Å². The molecule has 0 spiro atoms. The molecular formula is C23H26FN3O5S. The van der Waals surface area contributed by atoms with Crippen LogP contribution in [0.4, 0.5) is 15.8 Å². The van der Waals surface area contributed by atoms with Crippen LogP contribution in [0.15, 0.2) is 41.3 Å². The Morgan fingerprint density at radius 2 is 1.79 bits per heavy atom. The Bertz CT molecular complexity index is 1190. The van der Waals surface area contributed by atoms with Gasteiger partial charge in [0.15, 0.2) is 0 Å². The zero-order valence-corrected chi connectivity index (χ0v) is 19.3. The van der Waals surface area contributed by atoms with Crippen molar-refractivity contribution in [1.29, 1.82) is 0 Å².